The van der Waals surface area contributed by atoms with Crippen LogP contribution in [0.5, 0.6) is 0 Å². The highest BCUT2D eigenvalue weighted by Gasteiger charge is 2.09. The molecule has 4 heteroatoms. The summed E-state index contributed by atoms with van der Waals surface area (Å²) in [6.45, 7) is 3.18. The second kappa shape index (κ2) is 9.01. The number of carbonyl (C=O) groups excluding carboxylic acids is 1. The minimum Gasteiger partial charge on any atom is -0.342 e. The van der Waals surface area contributed by atoms with Crippen LogP contribution in [0.2, 0.25) is 0 Å². The lowest BCUT2D eigenvalue weighted by Crippen LogP contribution is -2.32. The van der Waals surface area contributed by atoms with Crippen molar-refractivity contribution in [2.24, 2.45) is 0 Å². The third-order valence-electron chi connectivity index (χ3n) is 3.43. The minimum atomic E-state index is 0.140. The summed E-state index contributed by atoms with van der Waals surface area (Å²) >= 11 is 5.35. The minimum absolute atomic E-state index is 0.140. The van der Waals surface area contributed by atoms with E-state index in [1.54, 1.807) is 18.7 Å². The Bertz CT molecular complexity index is 603. The van der Waals surface area contributed by atoms with Crippen LogP contribution in [0.3, 0.4) is 0 Å². The van der Waals surface area contributed by atoms with Crippen molar-refractivity contribution in [1.29, 1.82) is 0 Å². The number of hydrogen-bond acceptors (Lipinski definition) is 2. The molecule has 1 amide bonds. The number of benzene rings is 2. The Balaban J connectivity index is 1.82. The van der Waals surface area contributed by atoms with Gasteiger partial charge in [-0.3, -0.25) is 4.79 Å². The van der Waals surface area contributed by atoms with Gasteiger partial charge in [0.2, 0.25) is 5.91 Å². The van der Waals surface area contributed by atoms with Crippen LogP contribution < -0.4 is 0 Å². The highest BCUT2D eigenvalue weighted by atomic mass is 79.9. The van der Waals surface area contributed by atoms with E-state index in [2.05, 4.69) is 34.1 Å². The number of carbonyl (C=O) groups is 1. The summed E-state index contributed by atoms with van der Waals surface area (Å²) in [7, 11) is 0. The summed E-state index contributed by atoms with van der Waals surface area (Å²) in [6, 6.07) is 18.5. The molecule has 2 aromatic rings. The van der Waals surface area contributed by atoms with Gasteiger partial charge in [-0.05, 0) is 30.2 Å². The molecule has 0 aliphatic carbocycles. The SMILES string of the molecule is CC(=O)N(CCSc1ccccc1)CCc1ccccc1Br. The van der Waals surface area contributed by atoms with Crippen molar-refractivity contribution >= 4 is 33.6 Å². The van der Waals surface area contributed by atoms with E-state index in [9.17, 15) is 4.79 Å². The zero-order chi connectivity index (χ0) is 15.8. The van der Waals surface area contributed by atoms with E-state index in [0.717, 1.165) is 29.7 Å². The molecule has 0 saturated carbocycles. The van der Waals surface area contributed by atoms with Gasteiger partial charge >= 0.3 is 0 Å². The zero-order valence-electron chi connectivity index (χ0n) is 12.7. The standard InChI is InChI=1S/C18H20BrNOS/c1-15(21)20(12-11-16-7-5-6-10-18(16)19)13-14-22-17-8-3-2-4-9-17/h2-10H,11-14H2,1H3. The Morgan fingerprint density at radius 1 is 1.05 bits per heavy atom. The fraction of sp³-hybridized carbons (Fsp3) is 0.278. The first kappa shape index (κ1) is 17.1. The molecule has 0 saturated heterocycles. The summed E-state index contributed by atoms with van der Waals surface area (Å²) in [5.74, 6) is 1.06. The normalized spacial score (nSPS) is 10.5. The zero-order valence-corrected chi connectivity index (χ0v) is 15.1. The van der Waals surface area contributed by atoms with Gasteiger partial charge in [0.1, 0.15) is 0 Å². The summed E-state index contributed by atoms with van der Waals surface area (Å²) in [5, 5.41) is 0. The van der Waals surface area contributed by atoms with Crippen molar-refractivity contribution in [2.75, 3.05) is 18.8 Å². The van der Waals surface area contributed by atoms with Crippen molar-refractivity contribution in [1.82, 2.24) is 4.90 Å². The van der Waals surface area contributed by atoms with Gasteiger partial charge in [-0.25, -0.2) is 0 Å². The van der Waals surface area contributed by atoms with Crippen LogP contribution in [0.1, 0.15) is 12.5 Å². The average molecular weight is 378 g/mol. The monoisotopic (exact) mass is 377 g/mol. The Labute approximate surface area is 145 Å². The van der Waals surface area contributed by atoms with E-state index in [1.807, 2.05) is 41.3 Å². The highest BCUT2D eigenvalue weighted by Crippen LogP contribution is 2.18. The Kier molecular flexibility index (Phi) is 7.00. The fourth-order valence-corrected chi connectivity index (χ4v) is 3.55. The molecule has 116 valence electrons. The van der Waals surface area contributed by atoms with Crippen molar-refractivity contribution < 1.29 is 4.79 Å². The molecule has 0 aliphatic rings. The number of amides is 1. The van der Waals surface area contributed by atoms with Crippen LogP contribution >= 0.6 is 27.7 Å². The Morgan fingerprint density at radius 2 is 1.73 bits per heavy atom. The molecule has 0 radical (unpaired) electrons. The highest BCUT2D eigenvalue weighted by molar-refractivity contribution is 9.10. The molecule has 2 rings (SSSR count). The summed E-state index contributed by atoms with van der Waals surface area (Å²) in [4.78, 5) is 15.0. The fourth-order valence-electron chi connectivity index (χ4n) is 2.17. The number of hydrogen-bond donors (Lipinski definition) is 0. The predicted molar refractivity (Wildman–Crippen MR) is 97.3 cm³/mol. The Morgan fingerprint density at radius 3 is 2.41 bits per heavy atom. The lowest BCUT2D eigenvalue weighted by molar-refractivity contribution is -0.128. The molecular weight excluding hydrogens is 358 g/mol. The van der Waals surface area contributed by atoms with Gasteiger partial charge in [0, 0.05) is 35.1 Å². The first-order valence-electron chi connectivity index (χ1n) is 7.33. The van der Waals surface area contributed by atoms with Crippen molar-refractivity contribution in [3.63, 3.8) is 0 Å². The topological polar surface area (TPSA) is 20.3 Å². The quantitative estimate of drug-likeness (QED) is 0.655. The van der Waals surface area contributed by atoms with E-state index in [1.165, 1.54) is 10.5 Å². The lowest BCUT2D eigenvalue weighted by atomic mass is 10.1. The molecule has 2 nitrogen and oxygen atoms in total. The molecule has 0 bridgehead atoms. The van der Waals surface area contributed by atoms with Crippen LogP contribution in [0, 0.1) is 0 Å². The molecule has 0 N–H and O–H groups in total. The van der Waals surface area contributed by atoms with Crippen LogP contribution in [-0.2, 0) is 11.2 Å². The molecule has 22 heavy (non-hydrogen) atoms. The van der Waals surface area contributed by atoms with Crippen LogP contribution in [-0.4, -0.2) is 29.6 Å². The van der Waals surface area contributed by atoms with Crippen molar-refractivity contribution in [2.45, 2.75) is 18.2 Å². The van der Waals surface area contributed by atoms with Gasteiger partial charge in [-0.2, -0.15) is 0 Å². The molecule has 0 aliphatic heterocycles. The molecule has 2 aromatic carbocycles. The van der Waals surface area contributed by atoms with Gasteiger partial charge < -0.3 is 4.90 Å². The second-order valence-electron chi connectivity index (χ2n) is 5.01. The number of rotatable bonds is 7. The first-order chi connectivity index (χ1) is 10.7. The summed E-state index contributed by atoms with van der Waals surface area (Å²) in [5.41, 5.74) is 1.24. The van der Waals surface area contributed by atoms with Crippen molar-refractivity contribution in [3.8, 4) is 0 Å². The number of thioether (sulfide) groups is 1. The maximum Gasteiger partial charge on any atom is 0.219 e. The smallest absolute Gasteiger partial charge is 0.219 e. The maximum absolute atomic E-state index is 11.8. The third-order valence-corrected chi connectivity index (χ3v) is 5.19. The predicted octanol–water partition coefficient (Wildman–Crippen LogP) is 4.63. The maximum atomic E-state index is 11.8. The van der Waals surface area contributed by atoms with Crippen LogP contribution in [0.4, 0.5) is 0 Å². The second-order valence-corrected chi connectivity index (χ2v) is 7.03. The van der Waals surface area contributed by atoms with E-state index >= 15 is 0 Å². The first-order valence-corrected chi connectivity index (χ1v) is 9.11. The lowest BCUT2D eigenvalue weighted by Gasteiger charge is -2.21. The molecular formula is C18H20BrNOS. The molecule has 0 atom stereocenters. The molecule has 0 fully saturated rings. The van der Waals surface area contributed by atoms with Gasteiger partial charge in [0.15, 0.2) is 0 Å². The van der Waals surface area contributed by atoms with E-state index in [0.29, 0.717) is 0 Å². The average Bonchev–Trinajstić information content (AvgIpc) is 2.53. The van der Waals surface area contributed by atoms with Gasteiger partial charge in [0.25, 0.3) is 0 Å². The van der Waals surface area contributed by atoms with Gasteiger partial charge in [0.05, 0.1) is 0 Å². The molecule has 0 spiro atoms. The van der Waals surface area contributed by atoms with Gasteiger partial charge in [-0.1, -0.05) is 52.3 Å². The van der Waals surface area contributed by atoms with Crippen LogP contribution in [0.25, 0.3) is 0 Å². The van der Waals surface area contributed by atoms with Crippen LogP contribution in [0.15, 0.2) is 64.0 Å². The molecule has 0 aromatic heterocycles. The van der Waals surface area contributed by atoms with E-state index < -0.39 is 0 Å². The summed E-state index contributed by atoms with van der Waals surface area (Å²) < 4.78 is 1.11. The molecule has 0 unspecified atom stereocenters. The van der Waals surface area contributed by atoms with E-state index in [4.69, 9.17) is 0 Å². The van der Waals surface area contributed by atoms with Crippen molar-refractivity contribution in [3.05, 3.63) is 64.6 Å². The number of nitrogens with zero attached hydrogens (tertiary/aromatic N) is 1. The number of halogens is 1. The Hall–Kier alpha value is -1.26. The van der Waals surface area contributed by atoms with Gasteiger partial charge in [-0.15, -0.1) is 11.8 Å². The summed E-state index contributed by atoms with van der Waals surface area (Å²) in [6.07, 6.45) is 0.872. The largest absolute Gasteiger partial charge is 0.342 e. The third kappa shape index (κ3) is 5.50. The molecule has 0 heterocycles. The van der Waals surface area contributed by atoms with E-state index in [-0.39, 0.29) is 5.91 Å².